The van der Waals surface area contributed by atoms with Gasteiger partial charge in [0.25, 0.3) is 0 Å². The molecule has 0 rings (SSSR count). The fourth-order valence-electron chi connectivity index (χ4n) is 1.10. The molecule has 0 aromatic rings. The van der Waals surface area contributed by atoms with E-state index in [4.69, 9.17) is 17.5 Å². The van der Waals surface area contributed by atoms with E-state index in [1.165, 1.54) is 0 Å². The maximum absolute atomic E-state index is 8.51. The van der Waals surface area contributed by atoms with Crippen molar-refractivity contribution in [3.05, 3.63) is 0 Å². The number of nitrogens with one attached hydrogen (secondary N) is 1. The minimum atomic E-state index is 0.347. The third kappa shape index (κ3) is 5.03. The highest BCUT2D eigenvalue weighted by Gasteiger charge is 2.11. The molecule has 80 valence electrons. The lowest BCUT2D eigenvalue weighted by molar-refractivity contribution is 0.351. The quantitative estimate of drug-likeness (QED) is 0.708. The molecule has 0 unspecified atom stereocenters. The Hall–Kier alpha value is -0.820. The van der Waals surface area contributed by atoms with Crippen LogP contribution in [0.15, 0.2) is 0 Å². The monoisotopic (exact) mass is 213 g/mol. The number of nitrogens with zero attached hydrogens (tertiary/aromatic N) is 2. The first-order valence-electron chi connectivity index (χ1n) is 5.04. The minimum Gasteiger partial charge on any atom is -0.363 e. The van der Waals surface area contributed by atoms with E-state index < -0.39 is 0 Å². The number of thiocarbonyl (C=S) groups is 1. The number of hydrogen-bond donors (Lipinski definition) is 1. The smallest absolute Gasteiger partial charge is 0.169 e. The van der Waals surface area contributed by atoms with E-state index in [1.807, 2.05) is 4.90 Å². The molecule has 0 fully saturated rings. The van der Waals surface area contributed by atoms with Crippen molar-refractivity contribution < 1.29 is 0 Å². The topological polar surface area (TPSA) is 39.1 Å². The predicted molar refractivity (Wildman–Crippen MR) is 63.0 cm³/mol. The zero-order valence-electron chi connectivity index (χ0n) is 9.21. The van der Waals surface area contributed by atoms with Crippen LogP contribution >= 0.6 is 12.2 Å². The van der Waals surface area contributed by atoms with Crippen LogP contribution in [0, 0.1) is 11.3 Å². The Balaban J connectivity index is 4.06. The van der Waals surface area contributed by atoms with Crippen molar-refractivity contribution in [3.63, 3.8) is 0 Å². The van der Waals surface area contributed by atoms with Gasteiger partial charge in [0.15, 0.2) is 5.11 Å². The van der Waals surface area contributed by atoms with Crippen LogP contribution in [0.25, 0.3) is 0 Å². The second-order valence-electron chi connectivity index (χ2n) is 3.43. The molecular weight excluding hydrogens is 194 g/mol. The SMILES string of the molecule is CCCNC(=S)N(CCC#N)C(C)C. The number of rotatable bonds is 5. The molecule has 0 aliphatic rings. The van der Waals surface area contributed by atoms with Gasteiger partial charge in [-0.1, -0.05) is 6.92 Å². The molecule has 0 aromatic carbocycles. The predicted octanol–water partition coefficient (Wildman–Crippen LogP) is 1.89. The summed E-state index contributed by atoms with van der Waals surface area (Å²) in [5, 5.41) is 12.4. The van der Waals surface area contributed by atoms with Crippen molar-refractivity contribution in [2.75, 3.05) is 13.1 Å². The first kappa shape index (κ1) is 13.2. The zero-order chi connectivity index (χ0) is 11.0. The number of hydrogen-bond acceptors (Lipinski definition) is 2. The molecule has 0 radical (unpaired) electrons. The van der Waals surface area contributed by atoms with E-state index in [0.717, 1.165) is 18.1 Å². The van der Waals surface area contributed by atoms with Crippen LogP contribution in [0.4, 0.5) is 0 Å². The maximum Gasteiger partial charge on any atom is 0.169 e. The molecule has 0 saturated heterocycles. The molecule has 0 aliphatic carbocycles. The van der Waals surface area contributed by atoms with E-state index in [9.17, 15) is 0 Å². The fourth-order valence-corrected chi connectivity index (χ4v) is 1.50. The highest BCUT2D eigenvalue weighted by Crippen LogP contribution is 2.00. The van der Waals surface area contributed by atoms with Crippen molar-refractivity contribution in [1.82, 2.24) is 10.2 Å². The first-order chi connectivity index (χ1) is 6.63. The second kappa shape index (κ2) is 7.57. The van der Waals surface area contributed by atoms with Gasteiger partial charge in [0.1, 0.15) is 0 Å². The molecule has 0 saturated carbocycles. The molecule has 3 nitrogen and oxygen atoms in total. The average Bonchev–Trinajstić information content (AvgIpc) is 2.14. The molecule has 4 heteroatoms. The Bertz CT molecular complexity index is 208. The van der Waals surface area contributed by atoms with Gasteiger partial charge >= 0.3 is 0 Å². The highest BCUT2D eigenvalue weighted by molar-refractivity contribution is 7.80. The van der Waals surface area contributed by atoms with Crippen LogP contribution < -0.4 is 5.32 Å². The van der Waals surface area contributed by atoms with E-state index in [2.05, 4.69) is 32.2 Å². The van der Waals surface area contributed by atoms with Gasteiger partial charge < -0.3 is 10.2 Å². The summed E-state index contributed by atoms with van der Waals surface area (Å²) in [6, 6.07) is 2.48. The van der Waals surface area contributed by atoms with Crippen molar-refractivity contribution in [1.29, 1.82) is 5.26 Å². The molecule has 0 heterocycles. The molecule has 0 atom stereocenters. The third-order valence-corrected chi connectivity index (χ3v) is 2.25. The maximum atomic E-state index is 8.51. The van der Waals surface area contributed by atoms with Gasteiger partial charge in [0, 0.05) is 19.1 Å². The molecule has 1 N–H and O–H groups in total. The highest BCUT2D eigenvalue weighted by atomic mass is 32.1. The Labute approximate surface area is 92.1 Å². The molecular formula is C10H19N3S. The van der Waals surface area contributed by atoms with E-state index >= 15 is 0 Å². The molecule has 0 amide bonds. The fraction of sp³-hybridized carbons (Fsp3) is 0.800. The molecule has 0 aliphatic heterocycles. The van der Waals surface area contributed by atoms with Gasteiger partial charge in [-0.3, -0.25) is 0 Å². The Morgan fingerprint density at radius 3 is 2.64 bits per heavy atom. The molecule has 0 bridgehead atoms. The van der Waals surface area contributed by atoms with Crippen LogP contribution in [0.1, 0.15) is 33.6 Å². The van der Waals surface area contributed by atoms with Gasteiger partial charge in [-0.05, 0) is 32.5 Å². The molecule has 14 heavy (non-hydrogen) atoms. The summed E-state index contributed by atoms with van der Waals surface area (Å²) in [5.41, 5.74) is 0. The van der Waals surface area contributed by atoms with Gasteiger partial charge in [-0.25, -0.2) is 0 Å². The Kier molecular flexibility index (Phi) is 7.13. The summed E-state index contributed by atoms with van der Waals surface area (Å²) < 4.78 is 0. The molecule has 0 aromatic heterocycles. The summed E-state index contributed by atoms with van der Waals surface area (Å²) in [5.74, 6) is 0. The lowest BCUT2D eigenvalue weighted by Gasteiger charge is -2.28. The van der Waals surface area contributed by atoms with Crippen LogP contribution in [-0.4, -0.2) is 29.1 Å². The Morgan fingerprint density at radius 2 is 2.21 bits per heavy atom. The minimum absolute atomic E-state index is 0.347. The first-order valence-corrected chi connectivity index (χ1v) is 5.45. The third-order valence-electron chi connectivity index (χ3n) is 1.87. The zero-order valence-corrected chi connectivity index (χ0v) is 10.0. The molecule has 0 spiro atoms. The standard InChI is InChI=1S/C10H19N3S/c1-4-7-12-10(14)13(9(2)3)8-5-6-11/h9H,4-5,7-8H2,1-3H3,(H,12,14). The van der Waals surface area contributed by atoms with Gasteiger partial charge in [-0.15, -0.1) is 0 Å². The lowest BCUT2D eigenvalue weighted by Crippen LogP contribution is -2.44. The van der Waals surface area contributed by atoms with Crippen LogP contribution in [0.3, 0.4) is 0 Å². The van der Waals surface area contributed by atoms with Gasteiger partial charge in [0.05, 0.1) is 12.5 Å². The van der Waals surface area contributed by atoms with Crippen molar-refractivity contribution >= 4 is 17.3 Å². The average molecular weight is 213 g/mol. The van der Waals surface area contributed by atoms with Crippen LogP contribution in [0.5, 0.6) is 0 Å². The van der Waals surface area contributed by atoms with Gasteiger partial charge in [0.2, 0.25) is 0 Å². The van der Waals surface area contributed by atoms with Crippen molar-refractivity contribution in [3.8, 4) is 6.07 Å². The second-order valence-corrected chi connectivity index (χ2v) is 3.81. The van der Waals surface area contributed by atoms with Gasteiger partial charge in [-0.2, -0.15) is 5.26 Å². The van der Waals surface area contributed by atoms with E-state index in [0.29, 0.717) is 19.0 Å². The van der Waals surface area contributed by atoms with Crippen LogP contribution in [0.2, 0.25) is 0 Å². The largest absolute Gasteiger partial charge is 0.363 e. The van der Waals surface area contributed by atoms with Crippen molar-refractivity contribution in [2.45, 2.75) is 39.7 Å². The van der Waals surface area contributed by atoms with E-state index in [-0.39, 0.29) is 0 Å². The van der Waals surface area contributed by atoms with E-state index in [1.54, 1.807) is 0 Å². The summed E-state index contributed by atoms with van der Waals surface area (Å²) in [6.45, 7) is 7.87. The van der Waals surface area contributed by atoms with Crippen molar-refractivity contribution in [2.24, 2.45) is 0 Å². The summed E-state index contributed by atoms with van der Waals surface area (Å²) in [7, 11) is 0. The normalized spacial score (nSPS) is 9.64. The summed E-state index contributed by atoms with van der Waals surface area (Å²) in [6.07, 6.45) is 1.58. The van der Waals surface area contributed by atoms with Crippen LogP contribution in [-0.2, 0) is 0 Å². The number of nitriles is 1. The lowest BCUT2D eigenvalue weighted by atomic mass is 10.3. The summed E-state index contributed by atoms with van der Waals surface area (Å²) in [4.78, 5) is 2.05. The Morgan fingerprint density at radius 1 is 1.57 bits per heavy atom. The summed E-state index contributed by atoms with van der Waals surface area (Å²) >= 11 is 5.24.